The van der Waals surface area contributed by atoms with Gasteiger partial charge in [-0.15, -0.1) is 0 Å². The second-order valence-electron chi connectivity index (χ2n) is 3.98. The molecule has 0 aliphatic carbocycles. The quantitative estimate of drug-likeness (QED) is 0.771. The Kier molecular flexibility index (Phi) is 5.04. The fourth-order valence-electron chi connectivity index (χ4n) is 1.35. The average Bonchev–Trinajstić information content (AvgIpc) is 2.35. The third kappa shape index (κ3) is 3.79. The molecule has 0 spiro atoms. The van der Waals surface area contributed by atoms with Gasteiger partial charge in [0.05, 0.1) is 13.2 Å². The number of ether oxygens (including phenoxy) is 2. The number of rotatable bonds is 6. The molecule has 1 aromatic carbocycles. The van der Waals surface area contributed by atoms with Crippen LogP contribution in [0.5, 0.6) is 11.5 Å². The van der Waals surface area contributed by atoms with E-state index >= 15 is 0 Å². The maximum absolute atomic E-state index is 9.48. The first kappa shape index (κ1) is 13.6. The molecule has 0 bridgehead atoms. The summed E-state index contributed by atoms with van der Waals surface area (Å²) in [4.78, 5) is 0. The minimum absolute atomic E-state index is 0.487. The first-order valence-corrected chi connectivity index (χ1v) is 5.74. The maximum Gasteiger partial charge on any atom is 0.161 e. The Labute approximate surface area is 103 Å². The summed E-state index contributed by atoms with van der Waals surface area (Å²) in [5.74, 6) is 1.30. The number of hydrogen-bond donors (Lipinski definition) is 1. The Morgan fingerprint density at radius 1 is 1.41 bits per heavy atom. The zero-order valence-corrected chi connectivity index (χ0v) is 10.7. The molecule has 0 radical (unpaired) electrons. The fraction of sp³-hybridized carbons (Fsp3) is 0.429. The molecule has 0 aliphatic heterocycles. The van der Waals surface area contributed by atoms with E-state index in [4.69, 9.17) is 9.47 Å². The van der Waals surface area contributed by atoms with E-state index in [0.717, 1.165) is 17.6 Å². The summed E-state index contributed by atoms with van der Waals surface area (Å²) in [6.45, 7) is 8.13. The van der Waals surface area contributed by atoms with Crippen molar-refractivity contribution in [1.82, 2.24) is 0 Å². The van der Waals surface area contributed by atoms with E-state index in [1.807, 2.05) is 19.1 Å². The van der Waals surface area contributed by atoms with Gasteiger partial charge in [-0.3, -0.25) is 0 Å². The van der Waals surface area contributed by atoms with Gasteiger partial charge in [0.25, 0.3) is 0 Å². The van der Waals surface area contributed by atoms with Crippen molar-refractivity contribution in [3.8, 4) is 11.5 Å². The van der Waals surface area contributed by atoms with Gasteiger partial charge in [0.2, 0.25) is 0 Å². The summed E-state index contributed by atoms with van der Waals surface area (Å²) in [6, 6.07) is 5.43. The molecule has 1 atom stereocenters. The van der Waals surface area contributed by atoms with Crippen LogP contribution in [0.2, 0.25) is 0 Å². The third-order valence-electron chi connectivity index (χ3n) is 2.60. The number of benzene rings is 1. The standard InChI is InChI=1S/C14H20O3/c1-5-10(2)9-17-13-7-6-12(11(3)15)8-14(13)16-4/h6-8,11,15H,2,5,9H2,1,3-4H3/t11-/m1/s1. The van der Waals surface area contributed by atoms with Crippen LogP contribution in [0, 0.1) is 0 Å². The van der Waals surface area contributed by atoms with Gasteiger partial charge in [0.1, 0.15) is 6.61 Å². The Hall–Kier alpha value is -1.48. The second kappa shape index (κ2) is 6.30. The SMILES string of the molecule is C=C(CC)COc1ccc([C@@H](C)O)cc1OC. The van der Waals surface area contributed by atoms with Gasteiger partial charge in [-0.05, 0) is 36.6 Å². The summed E-state index contributed by atoms with van der Waals surface area (Å²) in [6.07, 6.45) is 0.386. The van der Waals surface area contributed by atoms with E-state index < -0.39 is 6.10 Å². The highest BCUT2D eigenvalue weighted by Crippen LogP contribution is 2.30. The molecule has 0 fully saturated rings. The van der Waals surface area contributed by atoms with Gasteiger partial charge in [0, 0.05) is 0 Å². The molecule has 1 N–H and O–H groups in total. The summed E-state index contributed by atoms with van der Waals surface area (Å²) in [5, 5.41) is 9.48. The summed E-state index contributed by atoms with van der Waals surface area (Å²) < 4.78 is 10.8. The predicted molar refractivity (Wildman–Crippen MR) is 68.6 cm³/mol. The fourth-order valence-corrected chi connectivity index (χ4v) is 1.35. The van der Waals surface area contributed by atoms with Gasteiger partial charge in [-0.2, -0.15) is 0 Å². The summed E-state index contributed by atoms with van der Waals surface area (Å²) in [5.41, 5.74) is 1.84. The zero-order valence-electron chi connectivity index (χ0n) is 10.7. The number of aliphatic hydroxyl groups excluding tert-OH is 1. The predicted octanol–water partition coefficient (Wildman–Crippen LogP) is 3.09. The Balaban J connectivity index is 2.81. The monoisotopic (exact) mass is 236 g/mol. The lowest BCUT2D eigenvalue weighted by Crippen LogP contribution is -2.02. The van der Waals surface area contributed by atoms with Gasteiger partial charge in [-0.1, -0.05) is 19.6 Å². The Morgan fingerprint density at radius 2 is 2.12 bits per heavy atom. The van der Waals surface area contributed by atoms with Gasteiger partial charge < -0.3 is 14.6 Å². The molecular formula is C14H20O3. The van der Waals surface area contributed by atoms with Crippen molar-refractivity contribution in [3.63, 3.8) is 0 Å². The molecule has 0 saturated heterocycles. The lowest BCUT2D eigenvalue weighted by atomic mass is 10.1. The number of aliphatic hydroxyl groups is 1. The highest BCUT2D eigenvalue weighted by molar-refractivity contribution is 5.43. The molecule has 94 valence electrons. The maximum atomic E-state index is 9.48. The van der Waals surface area contributed by atoms with Crippen LogP contribution in [0.3, 0.4) is 0 Å². The van der Waals surface area contributed by atoms with Crippen LogP contribution in [0.15, 0.2) is 30.4 Å². The molecule has 0 unspecified atom stereocenters. The van der Waals surface area contributed by atoms with Gasteiger partial charge in [-0.25, -0.2) is 0 Å². The van der Waals surface area contributed by atoms with Crippen LogP contribution in [-0.2, 0) is 0 Å². The Bertz CT molecular complexity index is 383. The van der Waals surface area contributed by atoms with Crippen molar-refractivity contribution in [2.24, 2.45) is 0 Å². The highest BCUT2D eigenvalue weighted by atomic mass is 16.5. The second-order valence-corrected chi connectivity index (χ2v) is 3.98. The molecule has 0 aliphatic rings. The van der Waals surface area contributed by atoms with E-state index in [2.05, 4.69) is 6.58 Å². The first-order chi connectivity index (χ1) is 8.08. The molecule has 1 rings (SSSR count). The summed E-state index contributed by atoms with van der Waals surface area (Å²) in [7, 11) is 1.59. The van der Waals surface area contributed by atoms with Crippen molar-refractivity contribution < 1.29 is 14.6 Å². The third-order valence-corrected chi connectivity index (χ3v) is 2.60. The Morgan fingerprint density at radius 3 is 2.65 bits per heavy atom. The van der Waals surface area contributed by atoms with E-state index in [1.165, 1.54) is 0 Å². The van der Waals surface area contributed by atoms with Crippen molar-refractivity contribution in [2.45, 2.75) is 26.4 Å². The first-order valence-electron chi connectivity index (χ1n) is 5.74. The molecule has 0 aromatic heterocycles. The topological polar surface area (TPSA) is 38.7 Å². The normalized spacial score (nSPS) is 12.0. The van der Waals surface area contributed by atoms with Crippen molar-refractivity contribution in [1.29, 1.82) is 0 Å². The van der Waals surface area contributed by atoms with E-state index in [0.29, 0.717) is 18.1 Å². The molecule has 3 nitrogen and oxygen atoms in total. The lowest BCUT2D eigenvalue weighted by Gasteiger charge is -2.13. The van der Waals surface area contributed by atoms with E-state index in [-0.39, 0.29) is 0 Å². The van der Waals surface area contributed by atoms with Gasteiger partial charge >= 0.3 is 0 Å². The van der Waals surface area contributed by atoms with Crippen molar-refractivity contribution >= 4 is 0 Å². The van der Waals surface area contributed by atoms with E-state index in [9.17, 15) is 5.11 Å². The minimum atomic E-state index is -0.511. The molecule has 17 heavy (non-hydrogen) atoms. The van der Waals surface area contributed by atoms with Crippen LogP contribution < -0.4 is 9.47 Å². The van der Waals surface area contributed by atoms with Crippen LogP contribution in [0.1, 0.15) is 31.9 Å². The summed E-state index contributed by atoms with van der Waals surface area (Å²) >= 11 is 0. The number of hydrogen-bond acceptors (Lipinski definition) is 3. The molecule has 3 heteroatoms. The molecule has 1 aromatic rings. The van der Waals surface area contributed by atoms with Crippen molar-refractivity contribution in [3.05, 3.63) is 35.9 Å². The highest BCUT2D eigenvalue weighted by Gasteiger charge is 2.08. The molecular weight excluding hydrogens is 216 g/mol. The zero-order chi connectivity index (χ0) is 12.8. The largest absolute Gasteiger partial charge is 0.493 e. The van der Waals surface area contributed by atoms with Crippen LogP contribution >= 0.6 is 0 Å². The van der Waals surface area contributed by atoms with Crippen molar-refractivity contribution in [2.75, 3.05) is 13.7 Å². The van der Waals surface area contributed by atoms with E-state index in [1.54, 1.807) is 20.1 Å². The molecule has 0 heterocycles. The van der Waals surface area contributed by atoms with Crippen LogP contribution in [0.4, 0.5) is 0 Å². The average molecular weight is 236 g/mol. The molecule has 0 amide bonds. The lowest BCUT2D eigenvalue weighted by molar-refractivity contribution is 0.198. The minimum Gasteiger partial charge on any atom is -0.493 e. The number of methoxy groups -OCH3 is 1. The van der Waals surface area contributed by atoms with Gasteiger partial charge in [0.15, 0.2) is 11.5 Å². The smallest absolute Gasteiger partial charge is 0.161 e. The molecule has 0 saturated carbocycles. The van der Waals surface area contributed by atoms with Crippen LogP contribution in [0.25, 0.3) is 0 Å². The van der Waals surface area contributed by atoms with Crippen LogP contribution in [-0.4, -0.2) is 18.8 Å².